The van der Waals surface area contributed by atoms with Gasteiger partial charge in [-0.15, -0.1) is 12.4 Å². The Kier molecular flexibility index (Phi) is 7.75. The minimum atomic E-state index is -0.808. The minimum Gasteiger partial charge on any atom is -0.481 e. The summed E-state index contributed by atoms with van der Waals surface area (Å²) in [7, 11) is 0. The number of nitrogens with two attached hydrogens (primary N) is 1. The van der Waals surface area contributed by atoms with Gasteiger partial charge in [0.1, 0.15) is 0 Å². The van der Waals surface area contributed by atoms with E-state index in [0.29, 0.717) is 12.1 Å². The highest BCUT2D eigenvalue weighted by Crippen LogP contribution is 2.27. The van der Waals surface area contributed by atoms with Crippen LogP contribution in [0.15, 0.2) is 23.9 Å². The Morgan fingerprint density at radius 3 is 2.37 bits per heavy atom. The molecule has 6 heteroatoms. The molecule has 1 unspecified atom stereocenters. The zero-order valence-corrected chi connectivity index (χ0v) is 11.9. The van der Waals surface area contributed by atoms with Crippen LogP contribution in [0.1, 0.15) is 26.2 Å². The molecular weight excluding hydrogens is 268 g/mol. The van der Waals surface area contributed by atoms with Gasteiger partial charge in [-0.2, -0.15) is 0 Å². The predicted molar refractivity (Wildman–Crippen MR) is 77.1 cm³/mol. The monoisotopic (exact) mass is 290 g/mol. The highest BCUT2D eigenvalue weighted by atomic mass is 35.5. The number of rotatable bonds is 1. The van der Waals surface area contributed by atoms with E-state index in [1.54, 1.807) is 25.2 Å². The van der Waals surface area contributed by atoms with Crippen LogP contribution in [0.4, 0.5) is 0 Å². The number of carbonyl (C=O) groups is 1. The molecule has 0 aromatic rings. The maximum atomic E-state index is 10.7. The van der Waals surface area contributed by atoms with Crippen LogP contribution >= 0.6 is 12.4 Å². The fourth-order valence-corrected chi connectivity index (χ4v) is 1.71. The predicted octanol–water partition coefficient (Wildman–Crippen LogP) is 1.03. The number of halogens is 1. The lowest BCUT2D eigenvalue weighted by molar-refractivity contribution is -0.145. The molecule has 0 radical (unpaired) electrons. The van der Waals surface area contributed by atoms with E-state index >= 15 is 0 Å². The van der Waals surface area contributed by atoms with Crippen molar-refractivity contribution in [3.8, 4) is 0 Å². The smallest absolute Gasteiger partial charge is 0.313 e. The normalized spacial score (nSPS) is 26.5. The number of aliphatic hydroxyl groups excluding tert-OH is 1. The number of hydrogen-bond acceptors (Lipinski definition) is 4. The molecule has 1 fully saturated rings. The van der Waals surface area contributed by atoms with Gasteiger partial charge >= 0.3 is 5.97 Å². The summed E-state index contributed by atoms with van der Waals surface area (Å²) in [5.41, 5.74) is 5.32. The Bertz CT molecular complexity index is 352. The van der Waals surface area contributed by atoms with Crippen LogP contribution in [0.5, 0.6) is 0 Å². The van der Waals surface area contributed by atoms with E-state index in [2.05, 4.69) is 5.32 Å². The third-order valence-corrected chi connectivity index (χ3v) is 3.20. The summed E-state index contributed by atoms with van der Waals surface area (Å²) in [4.78, 5) is 10.7. The molecule has 0 spiro atoms. The van der Waals surface area contributed by atoms with Gasteiger partial charge in [0.05, 0.1) is 11.5 Å². The molecule has 0 aromatic carbocycles. The number of nitrogens with one attached hydrogen (secondary N) is 1. The van der Waals surface area contributed by atoms with Crippen molar-refractivity contribution in [1.29, 1.82) is 0 Å². The third kappa shape index (κ3) is 6.09. The fraction of sp³-hybridized carbons (Fsp3) is 0.615. The van der Waals surface area contributed by atoms with E-state index in [-0.39, 0.29) is 18.5 Å². The number of hydrogen-bond donors (Lipinski definition) is 4. The molecule has 1 atom stereocenters. The second-order valence-electron chi connectivity index (χ2n) is 4.95. The Morgan fingerprint density at radius 1 is 1.47 bits per heavy atom. The summed E-state index contributed by atoms with van der Waals surface area (Å²) in [5, 5.41) is 20.8. The highest BCUT2D eigenvalue weighted by molar-refractivity contribution is 5.85. The second-order valence-corrected chi connectivity index (χ2v) is 4.95. The zero-order chi connectivity index (χ0) is 13.6. The molecule has 0 bridgehead atoms. The van der Waals surface area contributed by atoms with Crippen LogP contribution in [0.2, 0.25) is 0 Å². The number of carboxylic acids is 1. The van der Waals surface area contributed by atoms with E-state index in [1.807, 2.05) is 0 Å². The standard InChI is InChI=1S/C8H11NO2.C5H11NO.ClH/c1-8(7(10)11)4-2-6(9)3-5-8;7-5-1-3-6-4-2-5;/h2-4H,5,9H2,1H3,(H,10,11);5-7H,1-4H2;1H. The molecular formula is C13H23ClN2O3. The van der Waals surface area contributed by atoms with Gasteiger partial charge in [0.2, 0.25) is 0 Å². The van der Waals surface area contributed by atoms with Crippen LogP contribution in [0, 0.1) is 5.41 Å². The molecule has 1 heterocycles. The largest absolute Gasteiger partial charge is 0.481 e. The first-order valence-corrected chi connectivity index (χ1v) is 6.21. The summed E-state index contributed by atoms with van der Waals surface area (Å²) in [6.45, 7) is 3.65. The molecule has 2 rings (SSSR count). The number of aliphatic hydroxyl groups is 1. The van der Waals surface area contributed by atoms with Crippen molar-refractivity contribution in [2.45, 2.75) is 32.3 Å². The van der Waals surface area contributed by atoms with Crippen LogP contribution in [-0.2, 0) is 4.79 Å². The minimum absolute atomic E-state index is 0. The molecule has 110 valence electrons. The van der Waals surface area contributed by atoms with Gasteiger partial charge < -0.3 is 21.3 Å². The molecule has 5 N–H and O–H groups in total. The molecule has 5 nitrogen and oxygen atoms in total. The summed E-state index contributed by atoms with van der Waals surface area (Å²) < 4.78 is 0. The van der Waals surface area contributed by atoms with Crippen molar-refractivity contribution in [3.63, 3.8) is 0 Å². The summed E-state index contributed by atoms with van der Waals surface area (Å²) in [6.07, 6.45) is 7.31. The summed E-state index contributed by atoms with van der Waals surface area (Å²) in [6, 6.07) is 0. The number of allylic oxidation sites excluding steroid dienone is 2. The molecule has 0 aromatic heterocycles. The van der Waals surface area contributed by atoms with E-state index in [9.17, 15) is 4.79 Å². The number of aliphatic carboxylic acids is 1. The van der Waals surface area contributed by atoms with Gasteiger partial charge in [0.25, 0.3) is 0 Å². The first-order valence-electron chi connectivity index (χ1n) is 6.21. The lowest BCUT2D eigenvalue weighted by Crippen LogP contribution is -2.30. The topological polar surface area (TPSA) is 95.6 Å². The Morgan fingerprint density at radius 2 is 2.05 bits per heavy atom. The highest BCUT2D eigenvalue weighted by Gasteiger charge is 2.30. The Balaban J connectivity index is 0.000000352. The van der Waals surface area contributed by atoms with Crippen molar-refractivity contribution >= 4 is 18.4 Å². The van der Waals surface area contributed by atoms with E-state index in [0.717, 1.165) is 25.9 Å². The Labute approximate surface area is 120 Å². The van der Waals surface area contributed by atoms with Crippen molar-refractivity contribution in [2.24, 2.45) is 11.1 Å². The van der Waals surface area contributed by atoms with Crippen LogP contribution < -0.4 is 11.1 Å². The molecule has 1 saturated heterocycles. The van der Waals surface area contributed by atoms with E-state index in [4.69, 9.17) is 15.9 Å². The maximum Gasteiger partial charge on any atom is 0.313 e. The summed E-state index contributed by atoms with van der Waals surface area (Å²) >= 11 is 0. The average molecular weight is 291 g/mol. The molecule has 0 saturated carbocycles. The van der Waals surface area contributed by atoms with Crippen molar-refractivity contribution in [3.05, 3.63) is 23.9 Å². The Hall–Kier alpha value is -1.04. The van der Waals surface area contributed by atoms with Crippen LogP contribution in [0.3, 0.4) is 0 Å². The SMILES string of the molecule is CC1(C(=O)O)C=CC(N)=CC1.Cl.OC1CCNCC1. The first-order chi connectivity index (χ1) is 8.44. The van der Waals surface area contributed by atoms with Gasteiger partial charge in [0, 0.05) is 5.70 Å². The van der Waals surface area contributed by atoms with Crippen molar-refractivity contribution in [2.75, 3.05) is 13.1 Å². The van der Waals surface area contributed by atoms with E-state index in [1.165, 1.54) is 0 Å². The maximum absolute atomic E-state index is 10.7. The molecule has 2 aliphatic rings. The quantitative estimate of drug-likeness (QED) is 0.578. The number of piperidine rings is 1. The van der Waals surface area contributed by atoms with Crippen molar-refractivity contribution < 1.29 is 15.0 Å². The van der Waals surface area contributed by atoms with Gasteiger partial charge in [0.15, 0.2) is 0 Å². The zero-order valence-electron chi connectivity index (χ0n) is 11.1. The lowest BCUT2D eigenvalue weighted by Gasteiger charge is -2.21. The van der Waals surface area contributed by atoms with E-state index < -0.39 is 11.4 Å². The first kappa shape index (κ1) is 18.0. The fourth-order valence-electron chi connectivity index (χ4n) is 1.71. The van der Waals surface area contributed by atoms with Crippen LogP contribution in [-0.4, -0.2) is 35.4 Å². The third-order valence-electron chi connectivity index (χ3n) is 3.20. The molecule has 1 aliphatic carbocycles. The molecule has 1 aliphatic heterocycles. The van der Waals surface area contributed by atoms with Gasteiger partial charge in [-0.1, -0.05) is 12.2 Å². The lowest BCUT2D eigenvalue weighted by atomic mass is 9.83. The van der Waals surface area contributed by atoms with Crippen LogP contribution in [0.25, 0.3) is 0 Å². The average Bonchev–Trinajstić information content (AvgIpc) is 2.35. The van der Waals surface area contributed by atoms with Gasteiger partial charge in [-0.05, 0) is 45.4 Å². The summed E-state index contributed by atoms with van der Waals surface area (Å²) in [5.74, 6) is -0.808. The van der Waals surface area contributed by atoms with Gasteiger partial charge in [-0.25, -0.2) is 0 Å². The van der Waals surface area contributed by atoms with Crippen molar-refractivity contribution in [1.82, 2.24) is 5.32 Å². The second kappa shape index (κ2) is 8.19. The number of carboxylic acid groups (broad SMARTS) is 1. The molecule has 0 amide bonds. The molecule has 19 heavy (non-hydrogen) atoms. The van der Waals surface area contributed by atoms with Gasteiger partial charge in [-0.3, -0.25) is 4.79 Å².